The van der Waals surface area contributed by atoms with Gasteiger partial charge in [-0.05, 0) is 98.5 Å². The highest BCUT2D eigenvalue weighted by Crippen LogP contribution is 2.55. The molecule has 0 aromatic rings. The second-order valence-electron chi connectivity index (χ2n) is 13.4. The SMILES string of the molecule is C[Si](C)(C)C1CCCC(C2CCC3OC4C(C5CCCC(C(F)(F)F)C5)=CCCC4C3C2)C1. The topological polar surface area (TPSA) is 9.23 Å². The lowest BCUT2D eigenvalue weighted by atomic mass is 9.64. The molecule has 0 radical (unpaired) electrons. The summed E-state index contributed by atoms with van der Waals surface area (Å²) >= 11 is 0. The molecule has 1 aliphatic heterocycles. The van der Waals surface area contributed by atoms with Crippen molar-refractivity contribution in [2.24, 2.45) is 35.5 Å². The lowest BCUT2D eigenvalue weighted by Crippen LogP contribution is -2.38. The van der Waals surface area contributed by atoms with Crippen LogP contribution in [0.5, 0.6) is 0 Å². The standard InChI is InChI=1S/C28H45F3OSi/c1-33(2,3)22-10-5-7-18(16-22)19-13-14-26-25(17-19)24-12-6-11-23(27(24)32-26)20-8-4-9-21(15-20)28(29,30)31/h11,18-22,24-27H,4-10,12-17H2,1-3H3. The second kappa shape index (κ2) is 9.30. The molecule has 5 heteroatoms. The number of hydrogen-bond acceptors (Lipinski definition) is 1. The van der Waals surface area contributed by atoms with Crippen LogP contribution in [-0.2, 0) is 4.74 Å². The molecular formula is C28H45F3OSi. The zero-order valence-corrected chi connectivity index (χ0v) is 22.0. The van der Waals surface area contributed by atoms with E-state index in [0.717, 1.165) is 30.2 Å². The van der Waals surface area contributed by atoms with Gasteiger partial charge in [0, 0.05) is 8.07 Å². The Hall–Kier alpha value is -0.293. The van der Waals surface area contributed by atoms with Gasteiger partial charge < -0.3 is 4.74 Å². The van der Waals surface area contributed by atoms with Crippen LogP contribution in [0.4, 0.5) is 13.2 Å². The van der Waals surface area contributed by atoms with Crippen molar-refractivity contribution in [1.82, 2.24) is 0 Å². The zero-order valence-electron chi connectivity index (χ0n) is 21.0. The molecule has 4 aliphatic carbocycles. The third-order valence-electron chi connectivity index (χ3n) is 10.6. The van der Waals surface area contributed by atoms with Crippen LogP contribution in [0, 0.1) is 35.5 Å². The Balaban J connectivity index is 1.25. The van der Waals surface area contributed by atoms with E-state index in [1.807, 2.05) is 0 Å². The van der Waals surface area contributed by atoms with Gasteiger partial charge in [-0.15, -0.1) is 0 Å². The van der Waals surface area contributed by atoms with E-state index < -0.39 is 20.2 Å². The number of ether oxygens (including phenoxy) is 1. The Kier molecular flexibility index (Phi) is 6.88. The average molecular weight is 483 g/mol. The molecule has 4 fully saturated rings. The van der Waals surface area contributed by atoms with Gasteiger partial charge in [-0.1, -0.05) is 51.4 Å². The summed E-state index contributed by atoms with van der Waals surface area (Å²) in [6.45, 7) is 7.66. The number of hydrogen-bond donors (Lipinski definition) is 0. The zero-order chi connectivity index (χ0) is 23.4. The van der Waals surface area contributed by atoms with Crippen molar-refractivity contribution in [3.63, 3.8) is 0 Å². The number of alkyl halides is 3. The largest absolute Gasteiger partial charge is 0.391 e. The van der Waals surface area contributed by atoms with Crippen molar-refractivity contribution in [3.8, 4) is 0 Å². The van der Waals surface area contributed by atoms with Crippen LogP contribution in [0.3, 0.4) is 0 Å². The fourth-order valence-corrected chi connectivity index (χ4v) is 10.7. The Bertz CT molecular complexity index is 726. The predicted molar refractivity (Wildman–Crippen MR) is 131 cm³/mol. The van der Waals surface area contributed by atoms with E-state index in [-0.39, 0.29) is 12.0 Å². The molecule has 1 heterocycles. The van der Waals surface area contributed by atoms with Crippen molar-refractivity contribution < 1.29 is 17.9 Å². The highest BCUT2D eigenvalue weighted by atomic mass is 28.3. The first-order valence-electron chi connectivity index (χ1n) is 14.0. The molecule has 0 N–H and O–H groups in total. The van der Waals surface area contributed by atoms with Crippen molar-refractivity contribution in [2.75, 3.05) is 0 Å². The Morgan fingerprint density at radius 3 is 2.33 bits per heavy atom. The summed E-state index contributed by atoms with van der Waals surface area (Å²) < 4.78 is 47.1. The molecule has 5 aliphatic rings. The molecule has 5 rings (SSSR count). The van der Waals surface area contributed by atoms with Gasteiger partial charge in [-0.3, -0.25) is 0 Å². The lowest BCUT2D eigenvalue weighted by Gasteiger charge is -2.43. The molecule has 1 nitrogen and oxygen atoms in total. The maximum atomic E-state index is 13.5. The number of halogens is 3. The van der Waals surface area contributed by atoms with Gasteiger partial charge in [0.1, 0.15) is 0 Å². The van der Waals surface area contributed by atoms with Gasteiger partial charge in [0.2, 0.25) is 0 Å². The summed E-state index contributed by atoms with van der Waals surface area (Å²) in [6.07, 6.45) is 12.7. The molecule has 9 unspecified atom stereocenters. The maximum Gasteiger partial charge on any atom is 0.391 e. The smallest absolute Gasteiger partial charge is 0.370 e. The van der Waals surface area contributed by atoms with Crippen LogP contribution in [-0.4, -0.2) is 26.5 Å². The summed E-state index contributed by atoms with van der Waals surface area (Å²) in [5, 5.41) is 0. The Labute approximate surface area is 200 Å². The molecular weight excluding hydrogens is 437 g/mol. The first kappa shape index (κ1) is 24.4. The van der Waals surface area contributed by atoms with E-state index in [1.165, 1.54) is 56.9 Å². The summed E-state index contributed by atoms with van der Waals surface area (Å²) in [7, 11) is -1.08. The maximum absolute atomic E-state index is 13.5. The molecule has 1 saturated heterocycles. The molecule has 0 spiro atoms. The molecule has 0 bridgehead atoms. The van der Waals surface area contributed by atoms with E-state index in [4.69, 9.17) is 4.74 Å². The minimum atomic E-state index is -4.04. The van der Waals surface area contributed by atoms with Crippen LogP contribution in [0.25, 0.3) is 0 Å². The van der Waals surface area contributed by atoms with Crippen molar-refractivity contribution in [2.45, 2.75) is 127 Å². The second-order valence-corrected chi connectivity index (χ2v) is 18.9. The van der Waals surface area contributed by atoms with Crippen LogP contribution >= 0.6 is 0 Å². The van der Waals surface area contributed by atoms with E-state index in [0.29, 0.717) is 37.2 Å². The molecule has 9 atom stereocenters. The average Bonchev–Trinajstić information content (AvgIpc) is 3.16. The normalized spacial score (nSPS) is 44.7. The molecule has 188 valence electrons. The van der Waals surface area contributed by atoms with E-state index in [1.54, 1.807) is 0 Å². The van der Waals surface area contributed by atoms with Gasteiger partial charge in [0.25, 0.3) is 0 Å². The van der Waals surface area contributed by atoms with Crippen LogP contribution in [0.15, 0.2) is 11.6 Å². The van der Waals surface area contributed by atoms with Crippen molar-refractivity contribution in [1.29, 1.82) is 0 Å². The minimum Gasteiger partial charge on any atom is -0.370 e. The van der Waals surface area contributed by atoms with Crippen molar-refractivity contribution in [3.05, 3.63) is 11.6 Å². The highest BCUT2D eigenvalue weighted by molar-refractivity contribution is 6.77. The summed E-state index contributed by atoms with van der Waals surface area (Å²) in [5.41, 5.74) is 2.25. The van der Waals surface area contributed by atoms with Gasteiger partial charge in [0.05, 0.1) is 18.1 Å². The molecule has 33 heavy (non-hydrogen) atoms. The highest BCUT2D eigenvalue weighted by Gasteiger charge is 2.52. The van der Waals surface area contributed by atoms with Gasteiger partial charge in [-0.2, -0.15) is 13.2 Å². The summed E-state index contributed by atoms with van der Waals surface area (Å²) in [5.74, 6) is 1.93. The lowest BCUT2D eigenvalue weighted by molar-refractivity contribution is -0.185. The van der Waals surface area contributed by atoms with Crippen molar-refractivity contribution >= 4 is 8.07 Å². The molecule has 0 amide bonds. The number of allylic oxidation sites excluding steroid dienone is 1. The van der Waals surface area contributed by atoms with Crippen LogP contribution < -0.4 is 0 Å². The minimum absolute atomic E-state index is 0.0879. The third kappa shape index (κ3) is 5.01. The summed E-state index contributed by atoms with van der Waals surface area (Å²) in [4.78, 5) is 0. The monoisotopic (exact) mass is 482 g/mol. The van der Waals surface area contributed by atoms with E-state index in [9.17, 15) is 13.2 Å². The number of rotatable bonds is 3. The van der Waals surface area contributed by atoms with Gasteiger partial charge in [-0.25, -0.2) is 0 Å². The first-order chi connectivity index (χ1) is 15.6. The van der Waals surface area contributed by atoms with E-state index in [2.05, 4.69) is 25.7 Å². The molecule has 0 aromatic carbocycles. The first-order valence-corrected chi connectivity index (χ1v) is 17.6. The van der Waals surface area contributed by atoms with E-state index >= 15 is 0 Å². The third-order valence-corrected chi connectivity index (χ3v) is 13.5. The molecule has 0 aromatic heterocycles. The van der Waals surface area contributed by atoms with Crippen LogP contribution in [0.2, 0.25) is 25.2 Å². The van der Waals surface area contributed by atoms with Gasteiger partial charge >= 0.3 is 6.18 Å². The van der Waals surface area contributed by atoms with Crippen LogP contribution in [0.1, 0.15) is 83.5 Å². The summed E-state index contributed by atoms with van der Waals surface area (Å²) in [6, 6.07) is 0. The Morgan fingerprint density at radius 1 is 0.818 bits per heavy atom. The molecule has 3 saturated carbocycles. The quantitative estimate of drug-likeness (QED) is 0.288. The fourth-order valence-electron chi connectivity index (χ4n) is 8.65. The predicted octanol–water partition coefficient (Wildman–Crippen LogP) is 8.77. The van der Waals surface area contributed by atoms with Gasteiger partial charge in [0.15, 0.2) is 0 Å². The fraction of sp³-hybridized carbons (Fsp3) is 0.929. The number of fused-ring (bicyclic) bond motifs is 3. The Morgan fingerprint density at radius 2 is 1.58 bits per heavy atom.